The minimum absolute atomic E-state index is 0.0649. The molecular weight excluding hydrogens is 388 g/mol. The standard InChI is InChI=1S/C22H26N2O6/c1-22(2,3)17-8-10-18(11-9-17)29-13-12-23-20(25)15-30-21(26)14-16-6-4-5-7-19(16)24(27)28/h4-11H,12-15H2,1-3H3,(H,23,25). The molecule has 1 amide bonds. The fourth-order valence-corrected chi connectivity index (χ4v) is 2.65. The third kappa shape index (κ3) is 7.20. The molecule has 0 unspecified atom stereocenters. The monoisotopic (exact) mass is 414 g/mol. The van der Waals surface area contributed by atoms with Gasteiger partial charge in [0.1, 0.15) is 12.4 Å². The molecule has 0 bridgehead atoms. The second kappa shape index (κ2) is 10.4. The highest BCUT2D eigenvalue weighted by molar-refractivity contribution is 5.81. The van der Waals surface area contributed by atoms with Crippen LogP contribution in [0.4, 0.5) is 5.69 Å². The van der Waals surface area contributed by atoms with Crippen LogP contribution in [0.2, 0.25) is 0 Å². The zero-order valence-corrected chi connectivity index (χ0v) is 17.3. The number of carbonyl (C=O) groups excluding carboxylic acids is 2. The molecule has 0 spiro atoms. The van der Waals surface area contributed by atoms with Crippen molar-refractivity contribution in [1.82, 2.24) is 5.32 Å². The number of carbonyl (C=O) groups is 2. The van der Waals surface area contributed by atoms with Crippen molar-refractivity contribution in [1.29, 1.82) is 0 Å². The number of nitrogens with one attached hydrogen (secondary N) is 1. The Labute approximate surface area is 175 Å². The molecule has 8 heteroatoms. The van der Waals surface area contributed by atoms with Crippen molar-refractivity contribution in [3.8, 4) is 5.75 Å². The van der Waals surface area contributed by atoms with Gasteiger partial charge in [-0.05, 0) is 23.1 Å². The summed E-state index contributed by atoms with van der Waals surface area (Å²) in [5.74, 6) is -0.486. The topological polar surface area (TPSA) is 108 Å². The van der Waals surface area contributed by atoms with Crippen molar-refractivity contribution in [3.63, 3.8) is 0 Å². The minimum Gasteiger partial charge on any atom is -0.492 e. The van der Waals surface area contributed by atoms with E-state index in [4.69, 9.17) is 9.47 Å². The van der Waals surface area contributed by atoms with Gasteiger partial charge in [-0.15, -0.1) is 0 Å². The van der Waals surface area contributed by atoms with Crippen LogP contribution in [0.25, 0.3) is 0 Å². The first kappa shape index (κ1) is 22.9. The smallest absolute Gasteiger partial charge is 0.311 e. The first-order valence-electron chi connectivity index (χ1n) is 9.55. The summed E-state index contributed by atoms with van der Waals surface area (Å²) in [5.41, 5.74) is 1.34. The minimum atomic E-state index is -0.713. The average Bonchev–Trinajstić information content (AvgIpc) is 2.69. The molecule has 0 aliphatic heterocycles. The van der Waals surface area contributed by atoms with Crippen LogP contribution in [0.3, 0.4) is 0 Å². The van der Waals surface area contributed by atoms with Crippen molar-refractivity contribution in [2.45, 2.75) is 32.6 Å². The lowest BCUT2D eigenvalue weighted by molar-refractivity contribution is -0.385. The van der Waals surface area contributed by atoms with E-state index >= 15 is 0 Å². The first-order chi connectivity index (χ1) is 14.2. The number of amides is 1. The van der Waals surface area contributed by atoms with Crippen molar-refractivity contribution in [2.75, 3.05) is 19.8 Å². The largest absolute Gasteiger partial charge is 0.492 e. The third-order valence-electron chi connectivity index (χ3n) is 4.30. The Kier molecular flexibility index (Phi) is 7.91. The van der Waals surface area contributed by atoms with E-state index in [1.807, 2.05) is 24.3 Å². The molecule has 2 rings (SSSR count). The zero-order valence-electron chi connectivity index (χ0n) is 17.3. The maximum absolute atomic E-state index is 11.9. The van der Waals surface area contributed by atoms with Crippen LogP contribution in [-0.2, 0) is 26.2 Å². The van der Waals surface area contributed by atoms with Gasteiger partial charge in [0.2, 0.25) is 0 Å². The van der Waals surface area contributed by atoms with Gasteiger partial charge in [-0.3, -0.25) is 19.7 Å². The molecule has 1 N–H and O–H groups in total. The Morgan fingerprint density at radius 2 is 1.73 bits per heavy atom. The highest BCUT2D eigenvalue weighted by atomic mass is 16.6. The Morgan fingerprint density at radius 3 is 2.37 bits per heavy atom. The lowest BCUT2D eigenvalue weighted by atomic mass is 9.87. The van der Waals surface area contributed by atoms with E-state index in [2.05, 4.69) is 26.1 Å². The quantitative estimate of drug-likeness (QED) is 0.292. The van der Waals surface area contributed by atoms with Gasteiger partial charge < -0.3 is 14.8 Å². The van der Waals surface area contributed by atoms with E-state index in [-0.39, 0.29) is 36.2 Å². The van der Waals surface area contributed by atoms with Gasteiger partial charge in [-0.2, -0.15) is 0 Å². The summed E-state index contributed by atoms with van der Waals surface area (Å²) in [6.45, 7) is 6.46. The van der Waals surface area contributed by atoms with Gasteiger partial charge in [0, 0.05) is 11.6 Å². The maximum Gasteiger partial charge on any atom is 0.311 e. The maximum atomic E-state index is 11.9. The molecule has 2 aromatic carbocycles. The van der Waals surface area contributed by atoms with Gasteiger partial charge in [-0.1, -0.05) is 51.1 Å². The number of nitro groups is 1. The van der Waals surface area contributed by atoms with Crippen LogP contribution in [0.15, 0.2) is 48.5 Å². The molecule has 8 nitrogen and oxygen atoms in total. The van der Waals surface area contributed by atoms with Gasteiger partial charge in [-0.25, -0.2) is 0 Å². The Morgan fingerprint density at radius 1 is 1.07 bits per heavy atom. The summed E-state index contributed by atoms with van der Waals surface area (Å²) < 4.78 is 10.5. The molecule has 0 aromatic heterocycles. The summed E-state index contributed by atoms with van der Waals surface area (Å²) in [7, 11) is 0. The van der Waals surface area contributed by atoms with Gasteiger partial charge in [0.05, 0.1) is 17.9 Å². The summed E-state index contributed by atoms with van der Waals surface area (Å²) in [6.07, 6.45) is -0.280. The fraction of sp³-hybridized carbons (Fsp3) is 0.364. The molecule has 0 radical (unpaired) electrons. The van der Waals surface area contributed by atoms with Crippen molar-refractivity contribution in [3.05, 3.63) is 69.8 Å². The Hall–Kier alpha value is -3.42. The van der Waals surface area contributed by atoms with Crippen molar-refractivity contribution >= 4 is 17.6 Å². The molecule has 0 atom stereocenters. The SMILES string of the molecule is CC(C)(C)c1ccc(OCCNC(=O)COC(=O)Cc2ccccc2[N+](=O)[O-])cc1. The highest BCUT2D eigenvalue weighted by Crippen LogP contribution is 2.24. The van der Waals surface area contributed by atoms with Gasteiger partial charge in [0.25, 0.3) is 11.6 Å². The van der Waals surface area contributed by atoms with Crippen LogP contribution >= 0.6 is 0 Å². The molecule has 2 aromatic rings. The summed E-state index contributed by atoms with van der Waals surface area (Å²) in [6, 6.07) is 13.7. The molecule has 160 valence electrons. The second-order valence-corrected chi connectivity index (χ2v) is 7.70. The zero-order chi connectivity index (χ0) is 22.1. The van der Waals surface area contributed by atoms with Gasteiger partial charge >= 0.3 is 5.97 Å². The second-order valence-electron chi connectivity index (χ2n) is 7.70. The van der Waals surface area contributed by atoms with Crippen molar-refractivity contribution < 1.29 is 24.0 Å². The number of nitro benzene ring substituents is 1. The van der Waals surface area contributed by atoms with Crippen LogP contribution in [-0.4, -0.2) is 36.6 Å². The molecular formula is C22H26N2O6. The molecule has 0 heterocycles. The lowest BCUT2D eigenvalue weighted by Gasteiger charge is -2.19. The summed E-state index contributed by atoms with van der Waals surface area (Å²) in [4.78, 5) is 34.0. The first-order valence-corrected chi connectivity index (χ1v) is 9.55. The van der Waals surface area contributed by atoms with Gasteiger partial charge in [0.15, 0.2) is 6.61 Å². The molecule has 0 fully saturated rings. The summed E-state index contributed by atoms with van der Waals surface area (Å²) >= 11 is 0. The van der Waals surface area contributed by atoms with Crippen LogP contribution < -0.4 is 10.1 Å². The van der Waals surface area contributed by atoms with Crippen LogP contribution in [0.1, 0.15) is 31.9 Å². The molecule has 0 saturated carbocycles. The van der Waals surface area contributed by atoms with Crippen LogP contribution in [0, 0.1) is 10.1 Å². The number of ether oxygens (including phenoxy) is 2. The third-order valence-corrected chi connectivity index (χ3v) is 4.30. The van der Waals surface area contributed by atoms with Crippen molar-refractivity contribution in [2.24, 2.45) is 0 Å². The lowest BCUT2D eigenvalue weighted by Crippen LogP contribution is -2.32. The summed E-state index contributed by atoms with van der Waals surface area (Å²) in [5, 5.41) is 13.5. The van der Waals surface area contributed by atoms with E-state index in [0.29, 0.717) is 5.75 Å². The molecule has 0 saturated heterocycles. The van der Waals surface area contributed by atoms with E-state index in [9.17, 15) is 19.7 Å². The predicted octanol–water partition coefficient (Wildman–Crippen LogP) is 3.17. The normalized spacial score (nSPS) is 10.9. The number of esters is 1. The number of para-hydroxylation sites is 1. The number of hydrogen-bond acceptors (Lipinski definition) is 6. The average molecular weight is 414 g/mol. The van der Waals surface area contributed by atoms with E-state index in [0.717, 1.165) is 0 Å². The Bertz CT molecular complexity index is 887. The van der Waals surface area contributed by atoms with E-state index in [1.54, 1.807) is 6.07 Å². The number of benzene rings is 2. The fourth-order valence-electron chi connectivity index (χ4n) is 2.65. The number of nitrogens with zero attached hydrogens (tertiary/aromatic N) is 1. The molecule has 30 heavy (non-hydrogen) atoms. The van der Waals surface area contributed by atoms with Crippen LogP contribution in [0.5, 0.6) is 5.75 Å². The highest BCUT2D eigenvalue weighted by Gasteiger charge is 2.17. The predicted molar refractivity (Wildman–Crippen MR) is 111 cm³/mol. The van der Waals surface area contributed by atoms with E-state index in [1.165, 1.54) is 23.8 Å². The van der Waals surface area contributed by atoms with E-state index < -0.39 is 23.4 Å². The molecule has 0 aliphatic rings. The number of rotatable bonds is 9. The Balaban J connectivity index is 1.68. The number of hydrogen-bond donors (Lipinski definition) is 1. The molecule has 0 aliphatic carbocycles.